The van der Waals surface area contributed by atoms with Crippen molar-refractivity contribution in [2.24, 2.45) is 0 Å². The topological polar surface area (TPSA) is 63.2 Å². The molecular formula is C16H18O6. The zero-order valence-electron chi connectivity index (χ0n) is 12.4. The fourth-order valence-electron chi connectivity index (χ4n) is 2.52. The Morgan fingerprint density at radius 3 is 2.73 bits per heavy atom. The van der Waals surface area contributed by atoms with E-state index >= 15 is 0 Å². The van der Waals surface area contributed by atoms with Gasteiger partial charge >= 0.3 is 5.97 Å². The van der Waals surface area contributed by atoms with Gasteiger partial charge in [0.15, 0.2) is 18.5 Å². The van der Waals surface area contributed by atoms with Crippen molar-refractivity contribution in [1.82, 2.24) is 0 Å². The zero-order chi connectivity index (χ0) is 15.5. The summed E-state index contributed by atoms with van der Waals surface area (Å²) in [6.45, 7) is 1.74. The highest BCUT2D eigenvalue weighted by Crippen LogP contribution is 2.32. The van der Waals surface area contributed by atoms with E-state index in [4.69, 9.17) is 23.7 Å². The largest absolute Gasteiger partial charge is 0.497 e. The van der Waals surface area contributed by atoms with E-state index in [-0.39, 0.29) is 12.1 Å². The Morgan fingerprint density at radius 2 is 2.05 bits per heavy atom. The lowest BCUT2D eigenvalue weighted by atomic mass is 10.0. The van der Waals surface area contributed by atoms with Crippen molar-refractivity contribution >= 4 is 5.97 Å². The van der Waals surface area contributed by atoms with Crippen molar-refractivity contribution in [3.8, 4) is 5.75 Å². The summed E-state index contributed by atoms with van der Waals surface area (Å²) in [6.07, 6.45) is 1.52. The van der Waals surface area contributed by atoms with Crippen molar-refractivity contribution in [3.05, 3.63) is 42.2 Å². The van der Waals surface area contributed by atoms with Gasteiger partial charge in [-0.25, -0.2) is 0 Å². The van der Waals surface area contributed by atoms with Crippen LogP contribution in [-0.4, -0.2) is 38.0 Å². The summed E-state index contributed by atoms with van der Waals surface area (Å²) in [6, 6.07) is 7.44. The molecule has 0 bridgehead atoms. The molecule has 0 radical (unpaired) electrons. The van der Waals surface area contributed by atoms with Crippen molar-refractivity contribution < 1.29 is 28.5 Å². The molecule has 0 aromatic heterocycles. The van der Waals surface area contributed by atoms with Crippen LogP contribution in [0.3, 0.4) is 0 Å². The van der Waals surface area contributed by atoms with Crippen LogP contribution in [0.15, 0.2) is 36.6 Å². The molecule has 1 fully saturated rings. The van der Waals surface area contributed by atoms with Crippen LogP contribution in [0.25, 0.3) is 0 Å². The standard InChI is InChI=1S/C16H18O6/c1-10(17)21-13-7-8-19-14-9-20-16(22-15(13)14)11-3-5-12(18-2)6-4-11/h3-8,13-16H,9H2,1-2H3/t13-,14-,15+,16?/m1/s1. The Hall–Kier alpha value is -2.05. The zero-order valence-corrected chi connectivity index (χ0v) is 12.4. The number of esters is 1. The molecule has 6 nitrogen and oxygen atoms in total. The van der Waals surface area contributed by atoms with E-state index < -0.39 is 18.5 Å². The molecule has 0 saturated carbocycles. The molecule has 1 aromatic rings. The molecule has 1 aromatic carbocycles. The fraction of sp³-hybridized carbons (Fsp3) is 0.438. The Kier molecular flexibility index (Phi) is 4.31. The lowest BCUT2D eigenvalue weighted by Crippen LogP contribution is -2.50. The quantitative estimate of drug-likeness (QED) is 0.795. The first kappa shape index (κ1) is 14.9. The molecular weight excluding hydrogens is 288 g/mol. The number of fused-ring (bicyclic) bond motifs is 1. The van der Waals surface area contributed by atoms with Gasteiger partial charge in [0.05, 0.1) is 20.0 Å². The number of ether oxygens (including phenoxy) is 5. The normalized spacial score (nSPS) is 30.1. The van der Waals surface area contributed by atoms with Gasteiger partial charge in [-0.3, -0.25) is 4.79 Å². The van der Waals surface area contributed by atoms with Crippen LogP contribution in [0.4, 0.5) is 0 Å². The maximum atomic E-state index is 11.2. The van der Waals surface area contributed by atoms with Crippen LogP contribution in [0, 0.1) is 0 Å². The predicted molar refractivity (Wildman–Crippen MR) is 76.1 cm³/mol. The fourth-order valence-corrected chi connectivity index (χ4v) is 2.52. The molecule has 0 amide bonds. The third-order valence-corrected chi connectivity index (χ3v) is 3.59. The van der Waals surface area contributed by atoms with Gasteiger partial charge in [-0.05, 0) is 18.2 Å². The molecule has 6 heteroatoms. The van der Waals surface area contributed by atoms with Gasteiger partial charge in [0, 0.05) is 12.5 Å². The number of carbonyl (C=O) groups is 1. The van der Waals surface area contributed by atoms with E-state index in [1.807, 2.05) is 24.3 Å². The predicted octanol–water partition coefficient (Wildman–Crippen LogP) is 1.95. The molecule has 22 heavy (non-hydrogen) atoms. The highest BCUT2D eigenvalue weighted by molar-refractivity contribution is 5.66. The number of rotatable bonds is 3. The molecule has 1 unspecified atom stereocenters. The summed E-state index contributed by atoms with van der Waals surface area (Å²) in [4.78, 5) is 11.2. The van der Waals surface area contributed by atoms with Crippen LogP contribution >= 0.6 is 0 Å². The van der Waals surface area contributed by atoms with Crippen molar-refractivity contribution in [2.45, 2.75) is 31.5 Å². The number of carbonyl (C=O) groups excluding carboxylic acids is 1. The van der Waals surface area contributed by atoms with Crippen molar-refractivity contribution in [2.75, 3.05) is 13.7 Å². The number of benzene rings is 1. The van der Waals surface area contributed by atoms with Gasteiger partial charge in [-0.2, -0.15) is 0 Å². The molecule has 2 heterocycles. The average Bonchev–Trinajstić information content (AvgIpc) is 2.54. The Labute approximate surface area is 128 Å². The smallest absolute Gasteiger partial charge is 0.303 e. The number of hydrogen-bond donors (Lipinski definition) is 0. The van der Waals surface area contributed by atoms with Crippen LogP contribution in [-0.2, 0) is 23.7 Å². The highest BCUT2D eigenvalue weighted by atomic mass is 16.7. The van der Waals surface area contributed by atoms with Gasteiger partial charge in [0.2, 0.25) is 0 Å². The summed E-state index contributed by atoms with van der Waals surface area (Å²) in [7, 11) is 1.61. The van der Waals surface area contributed by atoms with E-state index in [2.05, 4.69) is 0 Å². The molecule has 0 aliphatic carbocycles. The molecule has 2 aliphatic rings. The van der Waals surface area contributed by atoms with E-state index in [0.717, 1.165) is 11.3 Å². The molecule has 0 N–H and O–H groups in total. The summed E-state index contributed by atoms with van der Waals surface area (Å²) in [5.41, 5.74) is 0.871. The number of hydrogen-bond acceptors (Lipinski definition) is 6. The van der Waals surface area contributed by atoms with Crippen LogP contribution in [0.1, 0.15) is 18.8 Å². The lowest BCUT2D eigenvalue weighted by Gasteiger charge is -2.40. The van der Waals surface area contributed by atoms with Gasteiger partial charge in [0.25, 0.3) is 0 Å². The third kappa shape index (κ3) is 3.08. The van der Waals surface area contributed by atoms with Gasteiger partial charge in [0.1, 0.15) is 11.9 Å². The molecule has 118 valence electrons. The first-order valence-corrected chi connectivity index (χ1v) is 7.08. The van der Waals surface area contributed by atoms with Crippen LogP contribution < -0.4 is 4.74 Å². The molecule has 3 rings (SSSR count). The maximum absolute atomic E-state index is 11.2. The summed E-state index contributed by atoms with van der Waals surface area (Å²) in [5, 5.41) is 0. The monoisotopic (exact) mass is 306 g/mol. The van der Waals surface area contributed by atoms with E-state index in [0.29, 0.717) is 6.61 Å². The third-order valence-electron chi connectivity index (χ3n) is 3.59. The van der Waals surface area contributed by atoms with Gasteiger partial charge < -0.3 is 23.7 Å². The summed E-state index contributed by atoms with van der Waals surface area (Å²) in [5.74, 6) is 0.408. The molecule has 1 saturated heterocycles. The molecule has 2 aliphatic heterocycles. The minimum atomic E-state index is -0.527. The minimum Gasteiger partial charge on any atom is -0.497 e. The first-order valence-electron chi connectivity index (χ1n) is 7.08. The van der Waals surface area contributed by atoms with Gasteiger partial charge in [-0.1, -0.05) is 12.1 Å². The van der Waals surface area contributed by atoms with E-state index in [9.17, 15) is 4.79 Å². The summed E-state index contributed by atoms with van der Waals surface area (Å²) >= 11 is 0. The molecule has 4 atom stereocenters. The Morgan fingerprint density at radius 1 is 1.27 bits per heavy atom. The second-order valence-corrected chi connectivity index (χ2v) is 5.12. The minimum absolute atomic E-state index is 0.288. The van der Waals surface area contributed by atoms with Crippen LogP contribution in [0.2, 0.25) is 0 Å². The van der Waals surface area contributed by atoms with Gasteiger partial charge in [-0.15, -0.1) is 0 Å². The molecule has 0 spiro atoms. The van der Waals surface area contributed by atoms with E-state index in [1.54, 1.807) is 13.2 Å². The van der Waals surface area contributed by atoms with Crippen LogP contribution in [0.5, 0.6) is 5.75 Å². The number of methoxy groups -OCH3 is 1. The maximum Gasteiger partial charge on any atom is 0.303 e. The Balaban J connectivity index is 1.74. The SMILES string of the molecule is COc1ccc(C2OC[C@H]3OC=C[C@@H](OC(C)=O)[C@@H]3O2)cc1. The van der Waals surface area contributed by atoms with E-state index in [1.165, 1.54) is 13.2 Å². The second kappa shape index (κ2) is 6.37. The highest BCUT2D eigenvalue weighted by Gasteiger charge is 2.41. The second-order valence-electron chi connectivity index (χ2n) is 5.12. The summed E-state index contributed by atoms with van der Waals surface area (Å²) < 4.78 is 27.5. The van der Waals surface area contributed by atoms with Crippen molar-refractivity contribution in [1.29, 1.82) is 0 Å². The van der Waals surface area contributed by atoms with Crippen molar-refractivity contribution in [3.63, 3.8) is 0 Å². The first-order chi connectivity index (χ1) is 10.7. The Bertz CT molecular complexity index is 552. The average molecular weight is 306 g/mol. The lowest BCUT2D eigenvalue weighted by molar-refractivity contribution is -0.278.